The van der Waals surface area contributed by atoms with Crippen molar-refractivity contribution in [2.24, 2.45) is 0 Å². The molecule has 0 aliphatic heterocycles. The molecule has 3 aromatic carbocycles. The van der Waals surface area contributed by atoms with Gasteiger partial charge in [0.15, 0.2) is 0 Å². The Morgan fingerprint density at radius 3 is 2.23 bits per heavy atom. The van der Waals surface area contributed by atoms with Crippen LogP contribution in [0.4, 0.5) is 18.9 Å². The van der Waals surface area contributed by atoms with Gasteiger partial charge in [-0.2, -0.15) is 0 Å². The predicted octanol–water partition coefficient (Wildman–Crippen LogP) is 2.81. The van der Waals surface area contributed by atoms with E-state index in [0.717, 1.165) is 33.7 Å². The molecule has 0 radical (unpaired) electrons. The van der Waals surface area contributed by atoms with Crippen molar-refractivity contribution in [1.29, 1.82) is 0 Å². The van der Waals surface area contributed by atoms with Crippen LogP contribution in [0, 0.1) is 17.5 Å². The Bertz CT molecular complexity index is 1560. The van der Waals surface area contributed by atoms with E-state index in [-0.39, 0.29) is 27.8 Å². The number of H-pyrrole nitrogens is 1. The molecular formula is C24H17F3N4O4. The second-order valence-corrected chi connectivity index (χ2v) is 7.68. The summed E-state index contributed by atoms with van der Waals surface area (Å²) in [6, 6.07) is 11.3. The second-order valence-electron chi connectivity index (χ2n) is 7.68. The van der Waals surface area contributed by atoms with E-state index < -0.39 is 47.1 Å². The third kappa shape index (κ3) is 4.98. The quantitative estimate of drug-likeness (QED) is 0.457. The van der Waals surface area contributed by atoms with Gasteiger partial charge in [0.1, 0.15) is 17.5 Å². The number of anilines is 1. The van der Waals surface area contributed by atoms with E-state index in [9.17, 15) is 32.3 Å². The molecule has 2 N–H and O–H groups in total. The van der Waals surface area contributed by atoms with Crippen LogP contribution in [0.1, 0.15) is 10.4 Å². The molecule has 0 fully saturated rings. The number of halogens is 3. The molecule has 11 heteroatoms. The maximum absolute atomic E-state index is 13.3. The van der Waals surface area contributed by atoms with Crippen LogP contribution in [0.3, 0.4) is 0 Å². The van der Waals surface area contributed by atoms with Gasteiger partial charge in [-0.25, -0.2) is 22.5 Å². The number of hydrogen-bond donors (Lipinski definition) is 2. The first-order chi connectivity index (χ1) is 16.6. The SMILES string of the molecule is CN(CC(=O)Nc1cc(F)cc(F)c1)C(=O)c1ccc2c(=O)n(-c3ccc(F)cc3)c(=O)[nH]c2c1. The first-order valence-electron chi connectivity index (χ1n) is 10.2. The Balaban J connectivity index is 1.56. The van der Waals surface area contributed by atoms with Crippen molar-refractivity contribution >= 4 is 28.4 Å². The highest BCUT2D eigenvalue weighted by atomic mass is 19.1. The Kier molecular flexibility index (Phi) is 6.24. The van der Waals surface area contributed by atoms with E-state index in [0.29, 0.717) is 6.07 Å². The first-order valence-corrected chi connectivity index (χ1v) is 10.2. The minimum Gasteiger partial charge on any atom is -0.332 e. The van der Waals surface area contributed by atoms with Crippen LogP contribution < -0.4 is 16.6 Å². The lowest BCUT2D eigenvalue weighted by atomic mass is 10.1. The molecule has 178 valence electrons. The standard InChI is InChI=1S/C24H17F3N4O4/c1-30(12-21(32)28-17-10-15(26)9-16(27)11-17)22(33)13-2-7-19-20(8-13)29-24(35)31(23(19)34)18-5-3-14(25)4-6-18/h2-11H,12H2,1H3,(H,28,32)(H,29,35). The zero-order valence-electron chi connectivity index (χ0n) is 18.1. The number of carbonyl (C=O) groups is 2. The van der Waals surface area contributed by atoms with Gasteiger partial charge < -0.3 is 15.2 Å². The number of nitrogens with one attached hydrogen (secondary N) is 2. The van der Waals surface area contributed by atoms with Crippen molar-refractivity contribution in [3.63, 3.8) is 0 Å². The summed E-state index contributed by atoms with van der Waals surface area (Å²) >= 11 is 0. The number of carbonyl (C=O) groups excluding carboxylic acids is 2. The number of benzene rings is 3. The number of hydrogen-bond acceptors (Lipinski definition) is 4. The molecule has 1 aromatic heterocycles. The van der Waals surface area contributed by atoms with E-state index in [1.807, 2.05) is 0 Å². The summed E-state index contributed by atoms with van der Waals surface area (Å²) in [5, 5.41) is 2.41. The van der Waals surface area contributed by atoms with E-state index in [1.54, 1.807) is 0 Å². The average molecular weight is 482 g/mol. The molecule has 8 nitrogen and oxygen atoms in total. The third-order valence-electron chi connectivity index (χ3n) is 5.10. The number of amides is 2. The van der Waals surface area contributed by atoms with Crippen molar-refractivity contribution in [3.05, 3.63) is 105 Å². The van der Waals surface area contributed by atoms with Crippen LogP contribution in [0.5, 0.6) is 0 Å². The monoisotopic (exact) mass is 482 g/mol. The molecule has 0 aliphatic carbocycles. The topological polar surface area (TPSA) is 104 Å². The maximum Gasteiger partial charge on any atom is 0.333 e. The molecule has 1 heterocycles. The van der Waals surface area contributed by atoms with Gasteiger partial charge in [-0.05, 0) is 54.6 Å². The molecule has 0 spiro atoms. The summed E-state index contributed by atoms with van der Waals surface area (Å²) in [7, 11) is 1.34. The van der Waals surface area contributed by atoms with Gasteiger partial charge in [0, 0.05) is 24.4 Å². The largest absolute Gasteiger partial charge is 0.333 e. The Morgan fingerprint density at radius 1 is 0.914 bits per heavy atom. The molecule has 4 aromatic rings. The van der Waals surface area contributed by atoms with Gasteiger partial charge in [0.25, 0.3) is 11.5 Å². The van der Waals surface area contributed by atoms with Gasteiger partial charge in [-0.3, -0.25) is 14.4 Å². The number of fused-ring (bicyclic) bond motifs is 1. The van der Waals surface area contributed by atoms with Crippen molar-refractivity contribution in [1.82, 2.24) is 14.5 Å². The molecular weight excluding hydrogens is 465 g/mol. The highest BCUT2D eigenvalue weighted by Gasteiger charge is 2.18. The van der Waals surface area contributed by atoms with E-state index in [4.69, 9.17) is 0 Å². The normalized spacial score (nSPS) is 10.9. The molecule has 0 bridgehead atoms. The van der Waals surface area contributed by atoms with Crippen LogP contribution in [0.15, 0.2) is 70.3 Å². The van der Waals surface area contributed by atoms with Gasteiger partial charge in [0.2, 0.25) is 5.91 Å². The smallest absolute Gasteiger partial charge is 0.332 e. The lowest BCUT2D eigenvalue weighted by molar-refractivity contribution is -0.116. The van der Waals surface area contributed by atoms with E-state index >= 15 is 0 Å². The van der Waals surface area contributed by atoms with Gasteiger partial charge in [0.05, 0.1) is 23.1 Å². The summed E-state index contributed by atoms with van der Waals surface area (Å²) in [6.07, 6.45) is 0. The van der Waals surface area contributed by atoms with Gasteiger partial charge in [-0.15, -0.1) is 0 Å². The van der Waals surface area contributed by atoms with Crippen LogP contribution >= 0.6 is 0 Å². The number of nitrogens with zero attached hydrogens (tertiary/aromatic N) is 2. The van der Waals surface area contributed by atoms with Gasteiger partial charge in [-0.1, -0.05) is 0 Å². The molecule has 0 aliphatic rings. The van der Waals surface area contributed by atoms with Crippen LogP contribution in [0.2, 0.25) is 0 Å². The molecule has 0 saturated carbocycles. The zero-order chi connectivity index (χ0) is 25.3. The summed E-state index contributed by atoms with van der Waals surface area (Å²) in [5.41, 5.74) is -1.20. The molecule has 4 rings (SSSR count). The fraction of sp³-hybridized carbons (Fsp3) is 0.0833. The van der Waals surface area contributed by atoms with Crippen molar-refractivity contribution < 1.29 is 22.8 Å². The van der Waals surface area contributed by atoms with E-state index in [2.05, 4.69) is 10.3 Å². The molecule has 0 saturated heterocycles. The maximum atomic E-state index is 13.3. The van der Waals surface area contributed by atoms with Crippen LogP contribution in [0.25, 0.3) is 16.6 Å². The highest BCUT2D eigenvalue weighted by Crippen LogP contribution is 2.15. The third-order valence-corrected chi connectivity index (χ3v) is 5.10. The number of aromatic nitrogens is 2. The average Bonchev–Trinajstić information content (AvgIpc) is 2.78. The van der Waals surface area contributed by atoms with Crippen molar-refractivity contribution in [3.8, 4) is 5.69 Å². The lowest BCUT2D eigenvalue weighted by Gasteiger charge is -2.17. The zero-order valence-corrected chi connectivity index (χ0v) is 18.1. The fourth-order valence-electron chi connectivity index (χ4n) is 3.51. The van der Waals surface area contributed by atoms with Crippen LogP contribution in [-0.4, -0.2) is 39.9 Å². The Morgan fingerprint density at radius 2 is 1.57 bits per heavy atom. The minimum atomic E-state index is -0.867. The number of rotatable bonds is 5. The molecule has 2 amide bonds. The summed E-state index contributed by atoms with van der Waals surface area (Å²) in [4.78, 5) is 54.0. The minimum absolute atomic E-state index is 0.0826. The molecule has 0 atom stereocenters. The van der Waals surface area contributed by atoms with Crippen LogP contribution in [-0.2, 0) is 4.79 Å². The highest BCUT2D eigenvalue weighted by molar-refractivity contribution is 6.01. The predicted molar refractivity (Wildman–Crippen MR) is 122 cm³/mol. The molecule has 35 heavy (non-hydrogen) atoms. The second kappa shape index (κ2) is 9.29. The van der Waals surface area contributed by atoms with Crippen molar-refractivity contribution in [2.75, 3.05) is 18.9 Å². The number of aromatic amines is 1. The van der Waals surface area contributed by atoms with E-state index in [1.165, 1.54) is 37.4 Å². The number of likely N-dealkylation sites (N-methyl/N-ethyl adjacent to an activating group) is 1. The summed E-state index contributed by atoms with van der Waals surface area (Å²) < 4.78 is 40.6. The summed E-state index contributed by atoms with van der Waals surface area (Å²) in [6.45, 7) is -0.433. The van der Waals surface area contributed by atoms with Gasteiger partial charge >= 0.3 is 5.69 Å². The fourth-order valence-corrected chi connectivity index (χ4v) is 3.51. The lowest BCUT2D eigenvalue weighted by Crippen LogP contribution is -2.35. The summed E-state index contributed by atoms with van der Waals surface area (Å²) in [5.74, 6) is -3.55. The Labute approximate surface area is 195 Å². The molecule has 0 unspecified atom stereocenters. The van der Waals surface area contributed by atoms with Crippen molar-refractivity contribution in [2.45, 2.75) is 0 Å². The first kappa shape index (κ1) is 23.5. The Hall–Kier alpha value is -4.67.